The molecule has 2 fully saturated rings. The van der Waals surface area contributed by atoms with Crippen LogP contribution in [0.15, 0.2) is 0 Å². The van der Waals surface area contributed by atoms with Gasteiger partial charge in [0.2, 0.25) is 0 Å². The normalized spacial score (nSPS) is 33.4. The van der Waals surface area contributed by atoms with Crippen LogP contribution in [0.2, 0.25) is 0 Å². The Labute approximate surface area is 94.0 Å². The molecule has 2 aliphatic rings. The molecule has 0 spiro atoms. The van der Waals surface area contributed by atoms with Crippen molar-refractivity contribution in [2.24, 2.45) is 11.7 Å². The van der Waals surface area contributed by atoms with E-state index in [9.17, 15) is 0 Å². The first-order valence-corrected chi connectivity index (χ1v) is 6.85. The highest BCUT2D eigenvalue weighted by Crippen LogP contribution is 2.26. The van der Waals surface area contributed by atoms with E-state index < -0.39 is 0 Å². The van der Waals surface area contributed by atoms with Crippen molar-refractivity contribution in [3.63, 3.8) is 0 Å². The van der Waals surface area contributed by atoms with Gasteiger partial charge in [-0.2, -0.15) is 0 Å². The predicted molar refractivity (Wildman–Crippen MR) is 64.8 cm³/mol. The SMILES string of the molecule is NC1CCCC1NCCC1CCCCC1. The van der Waals surface area contributed by atoms with E-state index in [1.54, 1.807) is 0 Å². The van der Waals surface area contributed by atoms with Crippen molar-refractivity contribution in [3.05, 3.63) is 0 Å². The minimum Gasteiger partial charge on any atom is -0.326 e. The zero-order valence-corrected chi connectivity index (χ0v) is 9.88. The summed E-state index contributed by atoms with van der Waals surface area (Å²) in [6.07, 6.45) is 12.6. The molecule has 2 saturated carbocycles. The zero-order chi connectivity index (χ0) is 10.5. The average Bonchev–Trinajstić information content (AvgIpc) is 2.66. The standard InChI is InChI=1S/C13H26N2/c14-12-7-4-8-13(12)15-10-9-11-5-2-1-3-6-11/h11-13,15H,1-10,14H2. The van der Waals surface area contributed by atoms with Crippen LogP contribution in [0.25, 0.3) is 0 Å². The van der Waals surface area contributed by atoms with E-state index in [-0.39, 0.29) is 0 Å². The molecule has 3 N–H and O–H groups in total. The van der Waals surface area contributed by atoms with Gasteiger partial charge in [-0.1, -0.05) is 38.5 Å². The van der Waals surface area contributed by atoms with Gasteiger partial charge in [-0.25, -0.2) is 0 Å². The molecule has 0 bridgehead atoms. The van der Waals surface area contributed by atoms with E-state index >= 15 is 0 Å². The molecule has 0 aromatic rings. The zero-order valence-electron chi connectivity index (χ0n) is 9.88. The fraction of sp³-hybridized carbons (Fsp3) is 1.00. The van der Waals surface area contributed by atoms with Crippen LogP contribution in [-0.2, 0) is 0 Å². The summed E-state index contributed by atoms with van der Waals surface area (Å²) in [6, 6.07) is 1.05. The summed E-state index contributed by atoms with van der Waals surface area (Å²) in [7, 11) is 0. The van der Waals surface area contributed by atoms with E-state index in [0.29, 0.717) is 12.1 Å². The number of nitrogens with one attached hydrogen (secondary N) is 1. The van der Waals surface area contributed by atoms with Crippen LogP contribution in [0.5, 0.6) is 0 Å². The summed E-state index contributed by atoms with van der Waals surface area (Å²) in [4.78, 5) is 0. The maximum Gasteiger partial charge on any atom is 0.0219 e. The van der Waals surface area contributed by atoms with Crippen LogP contribution in [0.1, 0.15) is 57.8 Å². The van der Waals surface area contributed by atoms with E-state index in [4.69, 9.17) is 5.73 Å². The molecule has 0 aliphatic heterocycles. The fourth-order valence-electron chi connectivity index (χ4n) is 3.19. The number of nitrogens with two attached hydrogens (primary N) is 1. The molecule has 2 rings (SSSR count). The third-order valence-corrected chi connectivity index (χ3v) is 4.25. The van der Waals surface area contributed by atoms with Crippen molar-refractivity contribution in [2.75, 3.05) is 6.54 Å². The second-order valence-corrected chi connectivity index (χ2v) is 5.45. The van der Waals surface area contributed by atoms with Crippen LogP contribution in [0.3, 0.4) is 0 Å². The monoisotopic (exact) mass is 210 g/mol. The Hall–Kier alpha value is -0.0800. The van der Waals surface area contributed by atoms with Gasteiger partial charge in [0, 0.05) is 12.1 Å². The quantitative estimate of drug-likeness (QED) is 0.748. The second-order valence-electron chi connectivity index (χ2n) is 5.45. The van der Waals surface area contributed by atoms with Gasteiger partial charge < -0.3 is 11.1 Å². The third kappa shape index (κ3) is 3.46. The lowest BCUT2D eigenvalue weighted by atomic mass is 9.87. The molecule has 2 aliphatic carbocycles. The number of hydrogen-bond donors (Lipinski definition) is 2. The van der Waals surface area contributed by atoms with Crippen molar-refractivity contribution in [1.82, 2.24) is 5.32 Å². The second kappa shape index (κ2) is 5.86. The van der Waals surface area contributed by atoms with Crippen LogP contribution in [0.4, 0.5) is 0 Å². The van der Waals surface area contributed by atoms with Crippen LogP contribution in [-0.4, -0.2) is 18.6 Å². The minimum absolute atomic E-state index is 0.427. The Balaban J connectivity index is 1.57. The van der Waals surface area contributed by atoms with Gasteiger partial charge in [0.1, 0.15) is 0 Å². The first-order chi connectivity index (χ1) is 7.36. The number of rotatable bonds is 4. The van der Waals surface area contributed by atoms with Crippen molar-refractivity contribution in [2.45, 2.75) is 69.9 Å². The molecule has 15 heavy (non-hydrogen) atoms. The molecule has 0 amide bonds. The highest BCUT2D eigenvalue weighted by molar-refractivity contribution is 4.85. The summed E-state index contributed by atoms with van der Waals surface area (Å²) < 4.78 is 0. The fourth-order valence-corrected chi connectivity index (χ4v) is 3.19. The molecule has 2 heteroatoms. The molecule has 2 atom stereocenters. The van der Waals surface area contributed by atoms with Crippen molar-refractivity contribution < 1.29 is 0 Å². The van der Waals surface area contributed by atoms with Crippen LogP contribution < -0.4 is 11.1 Å². The van der Waals surface area contributed by atoms with E-state index in [1.807, 2.05) is 0 Å². The Morgan fingerprint density at radius 2 is 1.73 bits per heavy atom. The molecule has 2 nitrogen and oxygen atoms in total. The Kier molecular flexibility index (Phi) is 4.45. The summed E-state index contributed by atoms with van der Waals surface area (Å²) >= 11 is 0. The first-order valence-electron chi connectivity index (χ1n) is 6.85. The largest absolute Gasteiger partial charge is 0.326 e. The Morgan fingerprint density at radius 1 is 0.933 bits per heavy atom. The highest BCUT2D eigenvalue weighted by Gasteiger charge is 2.23. The first kappa shape index (κ1) is 11.4. The Bertz CT molecular complexity index is 175. The predicted octanol–water partition coefficient (Wildman–Crippen LogP) is 2.43. The van der Waals surface area contributed by atoms with Gasteiger partial charge in [-0.3, -0.25) is 0 Å². The van der Waals surface area contributed by atoms with Gasteiger partial charge in [-0.15, -0.1) is 0 Å². The smallest absolute Gasteiger partial charge is 0.0219 e. The topological polar surface area (TPSA) is 38.0 Å². The lowest BCUT2D eigenvalue weighted by molar-refractivity contribution is 0.325. The van der Waals surface area contributed by atoms with Gasteiger partial charge in [-0.05, 0) is 31.7 Å². The molecule has 0 aromatic heterocycles. The molecular formula is C13H26N2. The summed E-state index contributed by atoms with van der Waals surface area (Å²) in [5.74, 6) is 1.00. The summed E-state index contributed by atoms with van der Waals surface area (Å²) in [5, 5.41) is 3.65. The van der Waals surface area contributed by atoms with Crippen molar-refractivity contribution >= 4 is 0 Å². The Morgan fingerprint density at radius 3 is 2.40 bits per heavy atom. The van der Waals surface area contributed by atoms with Crippen LogP contribution in [0, 0.1) is 5.92 Å². The number of hydrogen-bond acceptors (Lipinski definition) is 2. The molecule has 2 unspecified atom stereocenters. The molecule has 88 valence electrons. The lowest BCUT2D eigenvalue weighted by Crippen LogP contribution is -2.41. The van der Waals surface area contributed by atoms with Crippen LogP contribution >= 0.6 is 0 Å². The van der Waals surface area contributed by atoms with E-state index in [2.05, 4.69) is 5.32 Å². The van der Waals surface area contributed by atoms with Crippen molar-refractivity contribution in [1.29, 1.82) is 0 Å². The molecule has 0 aromatic carbocycles. The van der Waals surface area contributed by atoms with E-state index in [1.165, 1.54) is 64.3 Å². The maximum atomic E-state index is 6.04. The average molecular weight is 210 g/mol. The van der Waals surface area contributed by atoms with Gasteiger partial charge >= 0.3 is 0 Å². The summed E-state index contributed by atoms with van der Waals surface area (Å²) in [6.45, 7) is 1.20. The molecule has 0 heterocycles. The highest BCUT2D eigenvalue weighted by atomic mass is 15.0. The molecule has 0 saturated heterocycles. The molecular weight excluding hydrogens is 184 g/mol. The third-order valence-electron chi connectivity index (χ3n) is 4.25. The van der Waals surface area contributed by atoms with Gasteiger partial charge in [0.25, 0.3) is 0 Å². The van der Waals surface area contributed by atoms with E-state index in [0.717, 1.165) is 5.92 Å². The minimum atomic E-state index is 0.427. The summed E-state index contributed by atoms with van der Waals surface area (Å²) in [5.41, 5.74) is 6.04. The van der Waals surface area contributed by atoms with Crippen molar-refractivity contribution in [3.8, 4) is 0 Å². The maximum absolute atomic E-state index is 6.04. The lowest BCUT2D eigenvalue weighted by Gasteiger charge is -2.23. The van der Waals surface area contributed by atoms with Gasteiger partial charge in [0.15, 0.2) is 0 Å². The van der Waals surface area contributed by atoms with Gasteiger partial charge in [0.05, 0.1) is 0 Å². The molecule has 0 radical (unpaired) electrons.